The molecule has 2 N–H and O–H groups in total. The first-order valence-electron chi connectivity index (χ1n) is 7.76. The third-order valence-corrected chi connectivity index (χ3v) is 4.79. The number of amides is 1. The van der Waals surface area contributed by atoms with Gasteiger partial charge in [-0.05, 0) is 50.3 Å². The molecule has 1 heterocycles. The Morgan fingerprint density at radius 2 is 1.90 bits per heavy atom. The van der Waals surface area contributed by atoms with Crippen LogP contribution in [0, 0.1) is 11.3 Å². The first-order valence-corrected chi connectivity index (χ1v) is 7.76. The number of benzene rings is 1. The van der Waals surface area contributed by atoms with Crippen molar-refractivity contribution >= 4 is 5.91 Å². The number of rotatable bonds is 4. The van der Waals surface area contributed by atoms with Crippen LogP contribution >= 0.6 is 0 Å². The average Bonchev–Trinajstić information content (AvgIpc) is 3.31. The molecule has 1 unspecified atom stereocenters. The standard InChI is InChI=1S/C17H24N2O/c1-17(9-11-18-12-10-17)16(20)19-15(14-7-8-14)13-5-3-2-4-6-13/h2-6,14-15,18H,7-12H2,1H3,(H,19,20). The van der Waals surface area contributed by atoms with Crippen molar-refractivity contribution in [1.82, 2.24) is 10.6 Å². The maximum Gasteiger partial charge on any atom is 0.226 e. The van der Waals surface area contributed by atoms with Gasteiger partial charge in [-0.15, -0.1) is 0 Å². The van der Waals surface area contributed by atoms with E-state index < -0.39 is 0 Å². The molecule has 20 heavy (non-hydrogen) atoms. The van der Waals surface area contributed by atoms with Crippen LogP contribution in [0.3, 0.4) is 0 Å². The average molecular weight is 272 g/mol. The van der Waals surface area contributed by atoms with Gasteiger partial charge in [-0.3, -0.25) is 4.79 Å². The van der Waals surface area contributed by atoms with Crippen molar-refractivity contribution in [3.05, 3.63) is 35.9 Å². The molecule has 3 heteroatoms. The molecule has 3 nitrogen and oxygen atoms in total. The van der Waals surface area contributed by atoms with E-state index in [9.17, 15) is 4.79 Å². The molecular formula is C17H24N2O. The van der Waals surface area contributed by atoms with E-state index in [0.29, 0.717) is 5.92 Å². The Hall–Kier alpha value is -1.35. The van der Waals surface area contributed by atoms with Crippen molar-refractivity contribution in [3.8, 4) is 0 Å². The first-order chi connectivity index (χ1) is 9.69. The van der Waals surface area contributed by atoms with Crippen molar-refractivity contribution in [2.75, 3.05) is 13.1 Å². The molecule has 1 saturated carbocycles. The van der Waals surface area contributed by atoms with Crippen LogP contribution in [0.1, 0.15) is 44.2 Å². The molecule has 0 radical (unpaired) electrons. The Labute approximate surface area is 121 Å². The van der Waals surface area contributed by atoms with Gasteiger partial charge in [0.25, 0.3) is 0 Å². The van der Waals surface area contributed by atoms with Gasteiger partial charge in [-0.1, -0.05) is 37.3 Å². The summed E-state index contributed by atoms with van der Waals surface area (Å²) in [4.78, 5) is 12.7. The van der Waals surface area contributed by atoms with E-state index >= 15 is 0 Å². The molecule has 2 aliphatic rings. The Morgan fingerprint density at radius 3 is 2.50 bits per heavy atom. The van der Waals surface area contributed by atoms with Crippen LogP contribution in [0.25, 0.3) is 0 Å². The van der Waals surface area contributed by atoms with Crippen molar-refractivity contribution < 1.29 is 4.79 Å². The molecule has 1 amide bonds. The second-order valence-corrected chi connectivity index (χ2v) is 6.51. The highest BCUT2D eigenvalue weighted by molar-refractivity contribution is 5.82. The number of piperidine rings is 1. The highest BCUT2D eigenvalue weighted by Crippen LogP contribution is 2.42. The van der Waals surface area contributed by atoms with Crippen LogP contribution in [-0.2, 0) is 4.79 Å². The van der Waals surface area contributed by atoms with Gasteiger partial charge in [0.2, 0.25) is 5.91 Å². The number of carbonyl (C=O) groups excluding carboxylic acids is 1. The summed E-state index contributed by atoms with van der Waals surface area (Å²) in [6.45, 7) is 4.00. The summed E-state index contributed by atoms with van der Waals surface area (Å²) >= 11 is 0. The molecule has 1 atom stereocenters. The van der Waals surface area contributed by atoms with Crippen molar-refractivity contribution in [1.29, 1.82) is 0 Å². The second kappa shape index (κ2) is 5.57. The third kappa shape index (κ3) is 2.88. The lowest BCUT2D eigenvalue weighted by atomic mass is 9.79. The van der Waals surface area contributed by atoms with Gasteiger partial charge in [0, 0.05) is 5.41 Å². The van der Waals surface area contributed by atoms with Crippen LogP contribution in [0.15, 0.2) is 30.3 Å². The van der Waals surface area contributed by atoms with Gasteiger partial charge >= 0.3 is 0 Å². The van der Waals surface area contributed by atoms with Crippen molar-refractivity contribution in [3.63, 3.8) is 0 Å². The molecule has 2 fully saturated rings. The fraction of sp³-hybridized carbons (Fsp3) is 0.588. The van der Waals surface area contributed by atoms with E-state index in [4.69, 9.17) is 0 Å². The predicted octanol–water partition coefficient (Wildman–Crippen LogP) is 2.64. The van der Waals surface area contributed by atoms with Gasteiger partial charge in [0.15, 0.2) is 0 Å². The van der Waals surface area contributed by atoms with Gasteiger partial charge < -0.3 is 10.6 Å². The fourth-order valence-corrected chi connectivity index (χ4v) is 3.08. The molecule has 1 aromatic carbocycles. The quantitative estimate of drug-likeness (QED) is 0.884. The molecule has 1 aliphatic carbocycles. The smallest absolute Gasteiger partial charge is 0.226 e. The maximum atomic E-state index is 12.7. The SMILES string of the molecule is CC1(C(=O)NC(c2ccccc2)C2CC2)CCNCC1. The van der Waals surface area contributed by atoms with E-state index in [0.717, 1.165) is 25.9 Å². The van der Waals surface area contributed by atoms with Crippen molar-refractivity contribution in [2.24, 2.45) is 11.3 Å². The van der Waals surface area contributed by atoms with Crippen LogP contribution in [0.4, 0.5) is 0 Å². The fourth-order valence-electron chi connectivity index (χ4n) is 3.08. The molecule has 1 aliphatic heterocycles. The van der Waals surface area contributed by atoms with E-state index in [1.165, 1.54) is 18.4 Å². The number of hydrogen-bond acceptors (Lipinski definition) is 2. The van der Waals surface area contributed by atoms with Gasteiger partial charge in [-0.25, -0.2) is 0 Å². The van der Waals surface area contributed by atoms with E-state index in [1.807, 2.05) is 6.07 Å². The summed E-state index contributed by atoms with van der Waals surface area (Å²) in [7, 11) is 0. The molecule has 0 aromatic heterocycles. The monoisotopic (exact) mass is 272 g/mol. The van der Waals surface area contributed by atoms with E-state index in [2.05, 4.69) is 41.8 Å². The molecular weight excluding hydrogens is 248 g/mol. The topological polar surface area (TPSA) is 41.1 Å². The van der Waals surface area contributed by atoms with Crippen LogP contribution in [0.2, 0.25) is 0 Å². The summed E-state index contributed by atoms with van der Waals surface area (Å²) in [6, 6.07) is 10.6. The lowest BCUT2D eigenvalue weighted by Gasteiger charge is -2.34. The van der Waals surface area contributed by atoms with E-state index in [1.54, 1.807) is 0 Å². The van der Waals surface area contributed by atoms with Crippen LogP contribution in [0.5, 0.6) is 0 Å². The molecule has 3 rings (SSSR count). The number of carbonyl (C=O) groups is 1. The highest BCUT2D eigenvalue weighted by atomic mass is 16.2. The maximum absolute atomic E-state index is 12.7. The van der Waals surface area contributed by atoms with Crippen LogP contribution < -0.4 is 10.6 Å². The summed E-state index contributed by atoms with van der Waals surface area (Å²) in [6.07, 6.45) is 4.34. The molecule has 1 saturated heterocycles. The number of hydrogen-bond donors (Lipinski definition) is 2. The summed E-state index contributed by atoms with van der Waals surface area (Å²) in [5.74, 6) is 0.867. The zero-order valence-corrected chi connectivity index (χ0v) is 12.2. The summed E-state index contributed by atoms with van der Waals surface area (Å²) in [5.41, 5.74) is 1.05. The minimum Gasteiger partial charge on any atom is -0.349 e. The van der Waals surface area contributed by atoms with Gasteiger partial charge in [0.1, 0.15) is 0 Å². The third-order valence-electron chi connectivity index (χ3n) is 4.79. The first kappa shape index (κ1) is 13.6. The zero-order chi connectivity index (χ0) is 14.0. The van der Waals surface area contributed by atoms with Gasteiger partial charge in [-0.2, -0.15) is 0 Å². The minimum atomic E-state index is -0.201. The molecule has 0 spiro atoms. The lowest BCUT2D eigenvalue weighted by Crippen LogP contribution is -2.47. The Morgan fingerprint density at radius 1 is 1.25 bits per heavy atom. The normalized spacial score (nSPS) is 23.1. The molecule has 0 bridgehead atoms. The second-order valence-electron chi connectivity index (χ2n) is 6.51. The van der Waals surface area contributed by atoms with E-state index in [-0.39, 0.29) is 17.4 Å². The van der Waals surface area contributed by atoms with Crippen molar-refractivity contribution in [2.45, 2.75) is 38.6 Å². The Bertz CT molecular complexity index is 461. The predicted molar refractivity (Wildman–Crippen MR) is 80.3 cm³/mol. The lowest BCUT2D eigenvalue weighted by molar-refractivity contribution is -0.132. The summed E-state index contributed by atoms with van der Waals surface area (Å²) in [5, 5.41) is 6.67. The number of nitrogens with one attached hydrogen (secondary N) is 2. The highest BCUT2D eigenvalue weighted by Gasteiger charge is 2.39. The van der Waals surface area contributed by atoms with Crippen LogP contribution in [-0.4, -0.2) is 19.0 Å². The minimum absolute atomic E-state index is 0.201. The summed E-state index contributed by atoms with van der Waals surface area (Å²) < 4.78 is 0. The largest absolute Gasteiger partial charge is 0.349 e. The molecule has 1 aromatic rings. The molecule has 108 valence electrons. The van der Waals surface area contributed by atoms with Gasteiger partial charge in [0.05, 0.1) is 6.04 Å². The zero-order valence-electron chi connectivity index (χ0n) is 12.2. The Kier molecular flexibility index (Phi) is 3.79. The Balaban J connectivity index is 1.72.